The molecule has 0 spiro atoms. The van der Waals surface area contributed by atoms with E-state index in [1.807, 2.05) is 6.07 Å². The summed E-state index contributed by atoms with van der Waals surface area (Å²) in [5.41, 5.74) is 1.45. The molecular formula is C17H19FN4O. The van der Waals surface area contributed by atoms with Crippen LogP contribution < -0.4 is 5.32 Å². The fraction of sp³-hybridized carbons (Fsp3) is 0.412. The molecule has 0 saturated carbocycles. The molecule has 1 N–H and O–H groups in total. The first-order valence-electron chi connectivity index (χ1n) is 7.84. The zero-order valence-corrected chi connectivity index (χ0v) is 13.2. The molecule has 1 aliphatic heterocycles. The standard InChI is InChI=1S/C17H19FN4O/c1-17(2)9-12(5-6-23-17)20-16-8-15-13-4-3-11(18)7-14(13)21-22(15)10-19-16/h3-4,7-8,10,12,20H,5-6,9H2,1-2H3. The summed E-state index contributed by atoms with van der Waals surface area (Å²) in [6.07, 6.45) is 3.56. The van der Waals surface area contributed by atoms with Crippen LogP contribution in [0.3, 0.4) is 0 Å². The van der Waals surface area contributed by atoms with Crippen molar-refractivity contribution in [2.45, 2.75) is 38.3 Å². The van der Waals surface area contributed by atoms with Gasteiger partial charge in [0.2, 0.25) is 0 Å². The van der Waals surface area contributed by atoms with Crippen LogP contribution in [-0.4, -0.2) is 32.8 Å². The molecule has 3 aromatic rings. The molecule has 1 fully saturated rings. The van der Waals surface area contributed by atoms with E-state index >= 15 is 0 Å². The molecule has 6 heteroatoms. The molecule has 0 aliphatic carbocycles. The number of nitrogens with one attached hydrogen (secondary N) is 1. The Balaban J connectivity index is 1.67. The second kappa shape index (κ2) is 5.16. The Kier molecular flexibility index (Phi) is 3.23. The number of benzene rings is 1. The van der Waals surface area contributed by atoms with E-state index in [0.29, 0.717) is 11.6 Å². The second-order valence-electron chi connectivity index (χ2n) is 6.71. The highest BCUT2D eigenvalue weighted by molar-refractivity contribution is 5.94. The minimum absolute atomic E-state index is 0.110. The molecule has 1 saturated heterocycles. The van der Waals surface area contributed by atoms with Crippen LogP contribution in [-0.2, 0) is 4.74 Å². The van der Waals surface area contributed by atoms with Crippen molar-refractivity contribution < 1.29 is 9.13 Å². The number of ether oxygens (including phenoxy) is 1. The smallest absolute Gasteiger partial charge is 0.130 e. The number of aromatic nitrogens is 3. The summed E-state index contributed by atoms with van der Waals surface area (Å²) in [5.74, 6) is 0.531. The number of nitrogens with zero attached hydrogens (tertiary/aromatic N) is 3. The average Bonchev–Trinajstić information content (AvgIpc) is 2.83. The van der Waals surface area contributed by atoms with Gasteiger partial charge in [0.1, 0.15) is 18.0 Å². The molecule has 1 atom stereocenters. The monoisotopic (exact) mass is 314 g/mol. The Morgan fingerprint density at radius 3 is 3.04 bits per heavy atom. The van der Waals surface area contributed by atoms with Gasteiger partial charge < -0.3 is 10.1 Å². The lowest BCUT2D eigenvalue weighted by atomic mass is 9.94. The summed E-state index contributed by atoms with van der Waals surface area (Å²) >= 11 is 0. The van der Waals surface area contributed by atoms with E-state index in [-0.39, 0.29) is 11.4 Å². The first-order chi connectivity index (χ1) is 11.0. The third-order valence-electron chi connectivity index (χ3n) is 4.33. The van der Waals surface area contributed by atoms with E-state index in [0.717, 1.165) is 36.2 Å². The minimum Gasteiger partial charge on any atom is -0.375 e. The van der Waals surface area contributed by atoms with Gasteiger partial charge in [-0.2, -0.15) is 5.10 Å². The van der Waals surface area contributed by atoms with Gasteiger partial charge in [-0.15, -0.1) is 0 Å². The van der Waals surface area contributed by atoms with Gasteiger partial charge in [-0.3, -0.25) is 0 Å². The molecule has 0 bridgehead atoms. The van der Waals surface area contributed by atoms with Gasteiger partial charge in [-0.1, -0.05) is 0 Å². The first-order valence-corrected chi connectivity index (χ1v) is 7.84. The number of fused-ring (bicyclic) bond motifs is 3. The lowest BCUT2D eigenvalue weighted by molar-refractivity contribution is -0.0553. The van der Waals surface area contributed by atoms with Crippen LogP contribution in [0.25, 0.3) is 16.4 Å². The van der Waals surface area contributed by atoms with Crippen molar-refractivity contribution in [1.29, 1.82) is 0 Å². The summed E-state index contributed by atoms with van der Waals surface area (Å²) in [4.78, 5) is 4.42. The van der Waals surface area contributed by atoms with Crippen LogP contribution in [0.5, 0.6) is 0 Å². The zero-order valence-electron chi connectivity index (χ0n) is 13.2. The van der Waals surface area contributed by atoms with Gasteiger partial charge in [0.25, 0.3) is 0 Å². The van der Waals surface area contributed by atoms with Gasteiger partial charge in [-0.05, 0) is 38.8 Å². The third kappa shape index (κ3) is 2.74. The molecule has 5 nitrogen and oxygen atoms in total. The SMILES string of the molecule is CC1(C)CC(Nc2cc3c4ccc(F)cc4nn3cn2)CCO1. The predicted octanol–water partition coefficient (Wildman–Crippen LogP) is 3.39. The zero-order chi connectivity index (χ0) is 16.0. The summed E-state index contributed by atoms with van der Waals surface area (Å²) < 4.78 is 20.8. The van der Waals surface area contributed by atoms with E-state index in [1.165, 1.54) is 12.1 Å². The van der Waals surface area contributed by atoms with Crippen molar-refractivity contribution in [3.63, 3.8) is 0 Å². The number of hydrogen-bond acceptors (Lipinski definition) is 4. The lowest BCUT2D eigenvalue weighted by Gasteiger charge is -2.36. The number of halogens is 1. The van der Waals surface area contributed by atoms with Crippen LogP contribution in [0.1, 0.15) is 26.7 Å². The Labute approximate surface area is 133 Å². The van der Waals surface area contributed by atoms with Crippen LogP contribution in [0.15, 0.2) is 30.6 Å². The fourth-order valence-electron chi connectivity index (χ4n) is 3.26. The number of hydrogen-bond donors (Lipinski definition) is 1. The Morgan fingerprint density at radius 1 is 1.35 bits per heavy atom. The molecule has 2 aromatic heterocycles. The maximum absolute atomic E-state index is 13.3. The molecule has 23 heavy (non-hydrogen) atoms. The summed E-state index contributed by atoms with van der Waals surface area (Å²) in [7, 11) is 0. The Hall–Kier alpha value is -2.21. The predicted molar refractivity (Wildman–Crippen MR) is 87.1 cm³/mol. The molecular weight excluding hydrogens is 295 g/mol. The van der Waals surface area contributed by atoms with E-state index in [4.69, 9.17) is 4.74 Å². The van der Waals surface area contributed by atoms with Crippen molar-refractivity contribution in [3.05, 3.63) is 36.4 Å². The van der Waals surface area contributed by atoms with Crippen LogP contribution in [0, 0.1) is 5.82 Å². The van der Waals surface area contributed by atoms with Crippen molar-refractivity contribution in [2.24, 2.45) is 0 Å². The normalized spacial score (nSPS) is 20.9. The maximum Gasteiger partial charge on any atom is 0.130 e. The Bertz CT molecular complexity index is 874. The first kappa shape index (κ1) is 14.4. The lowest BCUT2D eigenvalue weighted by Crippen LogP contribution is -2.40. The molecule has 0 radical (unpaired) electrons. The van der Waals surface area contributed by atoms with Crippen LogP contribution in [0.2, 0.25) is 0 Å². The summed E-state index contributed by atoms with van der Waals surface area (Å²) in [5, 5.41) is 8.76. The van der Waals surface area contributed by atoms with Gasteiger partial charge in [-0.25, -0.2) is 13.9 Å². The van der Waals surface area contributed by atoms with Gasteiger partial charge in [0.15, 0.2) is 0 Å². The highest BCUT2D eigenvalue weighted by Gasteiger charge is 2.28. The largest absolute Gasteiger partial charge is 0.375 e. The van der Waals surface area contributed by atoms with Gasteiger partial charge >= 0.3 is 0 Å². The number of anilines is 1. The van der Waals surface area contributed by atoms with Crippen molar-refractivity contribution in [1.82, 2.24) is 14.6 Å². The second-order valence-corrected chi connectivity index (χ2v) is 6.71. The highest BCUT2D eigenvalue weighted by atomic mass is 19.1. The minimum atomic E-state index is -0.281. The quantitative estimate of drug-likeness (QED) is 0.788. The topological polar surface area (TPSA) is 51.5 Å². The molecule has 4 rings (SSSR count). The molecule has 1 aromatic carbocycles. The van der Waals surface area contributed by atoms with Crippen molar-refractivity contribution in [3.8, 4) is 0 Å². The van der Waals surface area contributed by atoms with Crippen LogP contribution >= 0.6 is 0 Å². The van der Waals surface area contributed by atoms with E-state index in [1.54, 1.807) is 16.9 Å². The summed E-state index contributed by atoms with van der Waals surface area (Å²) in [6, 6.07) is 6.96. The van der Waals surface area contributed by atoms with E-state index in [9.17, 15) is 4.39 Å². The third-order valence-corrected chi connectivity index (χ3v) is 4.33. The molecule has 3 heterocycles. The highest BCUT2D eigenvalue weighted by Crippen LogP contribution is 2.27. The molecule has 120 valence electrons. The maximum atomic E-state index is 13.3. The molecule has 1 aliphatic rings. The fourth-order valence-corrected chi connectivity index (χ4v) is 3.26. The van der Waals surface area contributed by atoms with E-state index < -0.39 is 0 Å². The Morgan fingerprint density at radius 2 is 2.22 bits per heavy atom. The molecule has 1 unspecified atom stereocenters. The summed E-state index contributed by atoms with van der Waals surface area (Å²) in [6.45, 7) is 4.97. The van der Waals surface area contributed by atoms with E-state index in [2.05, 4.69) is 29.2 Å². The van der Waals surface area contributed by atoms with Crippen molar-refractivity contribution >= 4 is 22.2 Å². The number of rotatable bonds is 2. The van der Waals surface area contributed by atoms with Crippen molar-refractivity contribution in [2.75, 3.05) is 11.9 Å². The van der Waals surface area contributed by atoms with Gasteiger partial charge in [0.05, 0.1) is 16.6 Å². The average molecular weight is 314 g/mol. The molecule has 0 amide bonds. The van der Waals surface area contributed by atoms with Crippen LogP contribution in [0.4, 0.5) is 10.2 Å². The van der Waals surface area contributed by atoms with Gasteiger partial charge in [0, 0.05) is 30.2 Å².